The second-order valence-corrected chi connectivity index (χ2v) is 4.76. The van der Waals surface area contributed by atoms with Crippen LogP contribution < -0.4 is 15.6 Å². The van der Waals surface area contributed by atoms with Crippen LogP contribution in [0.3, 0.4) is 0 Å². The van der Waals surface area contributed by atoms with Crippen molar-refractivity contribution in [3.05, 3.63) is 28.2 Å². The summed E-state index contributed by atoms with van der Waals surface area (Å²) in [6, 6.07) is 5.74. The highest BCUT2D eigenvalue weighted by molar-refractivity contribution is 9.10. The third-order valence-electron chi connectivity index (χ3n) is 2.57. The Kier molecular flexibility index (Phi) is 5.44. The summed E-state index contributed by atoms with van der Waals surface area (Å²) >= 11 is 3.40. The van der Waals surface area contributed by atoms with Crippen LogP contribution in [-0.4, -0.2) is 13.1 Å². The highest BCUT2D eigenvalue weighted by atomic mass is 79.9. The van der Waals surface area contributed by atoms with Crippen molar-refractivity contribution in [1.82, 2.24) is 0 Å². The molecule has 0 heterocycles. The van der Waals surface area contributed by atoms with Gasteiger partial charge in [-0.3, -0.25) is 0 Å². The Hall–Kier alpha value is -1.07. The van der Waals surface area contributed by atoms with Gasteiger partial charge in [0.05, 0.1) is 12.7 Å². The molecule has 0 unspecified atom stereocenters. The van der Waals surface area contributed by atoms with Crippen LogP contribution in [-0.2, 0) is 4.79 Å². The molecule has 1 aromatic rings. The molecule has 94 valence electrons. The van der Waals surface area contributed by atoms with Gasteiger partial charge < -0.3 is 20.4 Å². The zero-order valence-corrected chi connectivity index (χ0v) is 11.3. The van der Waals surface area contributed by atoms with Crippen LogP contribution in [0.25, 0.3) is 0 Å². The molecule has 0 radical (unpaired) electrons. The number of ether oxygens (including phenoxy) is 1. The molecule has 0 amide bonds. The van der Waals surface area contributed by atoms with E-state index in [0.717, 1.165) is 15.8 Å². The predicted octanol–water partition coefficient (Wildman–Crippen LogP) is 0.661. The predicted molar refractivity (Wildman–Crippen MR) is 65.2 cm³/mol. The average Bonchev–Trinajstić information content (AvgIpc) is 2.28. The Labute approximate surface area is 109 Å². The molecule has 0 aliphatic carbocycles. The molecule has 0 spiro atoms. The van der Waals surface area contributed by atoms with E-state index in [1.165, 1.54) is 0 Å². The van der Waals surface area contributed by atoms with Crippen molar-refractivity contribution in [2.75, 3.05) is 7.11 Å². The Morgan fingerprint density at radius 2 is 2.29 bits per heavy atom. The van der Waals surface area contributed by atoms with E-state index >= 15 is 0 Å². The second kappa shape index (κ2) is 6.61. The fourth-order valence-electron chi connectivity index (χ4n) is 1.67. The van der Waals surface area contributed by atoms with E-state index in [2.05, 4.69) is 21.7 Å². The number of halogens is 1. The summed E-state index contributed by atoms with van der Waals surface area (Å²) in [5, 5.41) is 10.3. The number of rotatable bonds is 6. The SMILES string of the molecule is COc1ccc(Br)cc1[C@H]([NH3+])CCCC(=O)[O-]. The van der Waals surface area contributed by atoms with Gasteiger partial charge in [-0.1, -0.05) is 15.9 Å². The fourth-order valence-corrected chi connectivity index (χ4v) is 2.05. The highest BCUT2D eigenvalue weighted by Gasteiger charge is 2.15. The summed E-state index contributed by atoms with van der Waals surface area (Å²) in [6.45, 7) is 0. The molecule has 5 heteroatoms. The van der Waals surface area contributed by atoms with Gasteiger partial charge in [0.25, 0.3) is 0 Å². The van der Waals surface area contributed by atoms with Crippen molar-refractivity contribution in [3.63, 3.8) is 0 Å². The zero-order chi connectivity index (χ0) is 12.8. The van der Waals surface area contributed by atoms with Gasteiger partial charge in [-0.15, -0.1) is 0 Å². The molecule has 0 aliphatic heterocycles. The number of methoxy groups -OCH3 is 1. The van der Waals surface area contributed by atoms with Gasteiger partial charge in [0.15, 0.2) is 0 Å². The third-order valence-corrected chi connectivity index (χ3v) is 3.06. The molecule has 0 saturated heterocycles. The second-order valence-electron chi connectivity index (χ2n) is 3.85. The van der Waals surface area contributed by atoms with Crippen LogP contribution in [0.15, 0.2) is 22.7 Å². The molecule has 3 N–H and O–H groups in total. The van der Waals surface area contributed by atoms with Gasteiger partial charge in [-0.25, -0.2) is 0 Å². The van der Waals surface area contributed by atoms with Gasteiger partial charge in [0.2, 0.25) is 0 Å². The molecule has 0 bridgehead atoms. The molecule has 0 aliphatic rings. The largest absolute Gasteiger partial charge is 0.550 e. The minimum absolute atomic E-state index is 0.0156. The van der Waals surface area contributed by atoms with E-state index in [9.17, 15) is 9.90 Å². The average molecular weight is 302 g/mol. The number of carboxylic acid groups (broad SMARTS) is 1. The fraction of sp³-hybridized carbons (Fsp3) is 0.417. The van der Waals surface area contributed by atoms with E-state index in [1.54, 1.807) is 7.11 Å². The minimum atomic E-state index is -1.02. The van der Waals surface area contributed by atoms with Crippen molar-refractivity contribution < 1.29 is 20.4 Å². The lowest BCUT2D eigenvalue weighted by atomic mass is 10.0. The van der Waals surface area contributed by atoms with Crippen LogP contribution in [0.5, 0.6) is 5.75 Å². The molecule has 0 aromatic heterocycles. The summed E-state index contributed by atoms with van der Waals surface area (Å²) in [4.78, 5) is 10.3. The molecular formula is C12H16BrNO3. The van der Waals surface area contributed by atoms with Gasteiger partial charge in [0, 0.05) is 16.9 Å². The molecule has 4 nitrogen and oxygen atoms in total. The molecular weight excluding hydrogens is 286 g/mol. The topological polar surface area (TPSA) is 77.0 Å². The number of carboxylic acids is 1. The van der Waals surface area contributed by atoms with Crippen molar-refractivity contribution in [3.8, 4) is 5.75 Å². The molecule has 0 saturated carbocycles. The Bertz CT molecular complexity index is 395. The molecule has 1 aromatic carbocycles. The number of carbonyl (C=O) groups excluding carboxylic acids is 1. The van der Waals surface area contributed by atoms with E-state index in [1.807, 2.05) is 18.2 Å². The molecule has 0 fully saturated rings. The van der Waals surface area contributed by atoms with Crippen molar-refractivity contribution in [2.45, 2.75) is 25.3 Å². The van der Waals surface area contributed by atoms with Crippen LogP contribution in [0.2, 0.25) is 0 Å². The Balaban J connectivity index is 2.69. The van der Waals surface area contributed by atoms with Crippen LogP contribution >= 0.6 is 15.9 Å². The van der Waals surface area contributed by atoms with E-state index in [4.69, 9.17) is 4.74 Å². The van der Waals surface area contributed by atoms with Gasteiger partial charge >= 0.3 is 0 Å². The molecule has 1 rings (SSSR count). The lowest BCUT2D eigenvalue weighted by molar-refractivity contribution is -0.428. The first-order valence-electron chi connectivity index (χ1n) is 5.41. The lowest BCUT2D eigenvalue weighted by Crippen LogP contribution is -2.53. The summed E-state index contributed by atoms with van der Waals surface area (Å²) in [5.74, 6) is -0.236. The third kappa shape index (κ3) is 4.36. The van der Waals surface area contributed by atoms with E-state index in [-0.39, 0.29) is 12.5 Å². The smallest absolute Gasteiger partial charge is 0.128 e. The minimum Gasteiger partial charge on any atom is -0.550 e. The maximum atomic E-state index is 10.3. The molecule has 17 heavy (non-hydrogen) atoms. The maximum absolute atomic E-state index is 10.3. The summed E-state index contributed by atoms with van der Waals surface area (Å²) in [7, 11) is 1.61. The van der Waals surface area contributed by atoms with Gasteiger partial charge in [0.1, 0.15) is 11.8 Å². The summed E-state index contributed by atoms with van der Waals surface area (Å²) in [6.07, 6.45) is 1.33. The highest BCUT2D eigenvalue weighted by Crippen LogP contribution is 2.28. The number of aliphatic carboxylic acids is 1. The number of quaternary nitrogens is 1. The van der Waals surface area contributed by atoms with Crippen molar-refractivity contribution >= 4 is 21.9 Å². The van der Waals surface area contributed by atoms with Crippen molar-refractivity contribution in [2.24, 2.45) is 0 Å². The maximum Gasteiger partial charge on any atom is 0.128 e. The number of carbonyl (C=O) groups is 1. The Morgan fingerprint density at radius 1 is 1.59 bits per heavy atom. The quantitative estimate of drug-likeness (QED) is 0.838. The number of hydrogen-bond acceptors (Lipinski definition) is 3. The normalized spacial score (nSPS) is 12.2. The first kappa shape index (κ1) is 14.0. The van der Waals surface area contributed by atoms with Crippen molar-refractivity contribution in [1.29, 1.82) is 0 Å². The summed E-state index contributed by atoms with van der Waals surface area (Å²) in [5.41, 5.74) is 5.03. The van der Waals surface area contributed by atoms with Crippen LogP contribution in [0.4, 0.5) is 0 Å². The number of hydrogen-bond donors (Lipinski definition) is 1. The zero-order valence-electron chi connectivity index (χ0n) is 9.74. The Morgan fingerprint density at radius 3 is 2.88 bits per heavy atom. The van der Waals surface area contributed by atoms with E-state index in [0.29, 0.717) is 12.8 Å². The number of benzene rings is 1. The first-order valence-corrected chi connectivity index (χ1v) is 6.20. The van der Waals surface area contributed by atoms with Gasteiger partial charge in [-0.2, -0.15) is 0 Å². The standard InChI is InChI=1S/C12H16BrNO3/c1-17-11-6-5-8(13)7-9(11)10(14)3-2-4-12(15)16/h5-7,10H,2-4,14H2,1H3,(H,15,16)/t10-/m1/s1. The molecule has 1 atom stereocenters. The van der Waals surface area contributed by atoms with E-state index < -0.39 is 5.97 Å². The van der Waals surface area contributed by atoms with Crippen LogP contribution in [0, 0.1) is 0 Å². The first-order chi connectivity index (χ1) is 8.04. The van der Waals surface area contributed by atoms with Crippen LogP contribution in [0.1, 0.15) is 30.9 Å². The lowest BCUT2D eigenvalue weighted by Gasteiger charge is -2.13. The summed E-state index contributed by atoms with van der Waals surface area (Å²) < 4.78 is 6.22. The van der Waals surface area contributed by atoms with Gasteiger partial charge in [-0.05, 0) is 31.0 Å². The monoisotopic (exact) mass is 301 g/mol.